The Balaban J connectivity index is 1.75. The van der Waals surface area contributed by atoms with E-state index < -0.39 is 31.1 Å². The summed E-state index contributed by atoms with van der Waals surface area (Å²) in [6.07, 6.45) is -1.32. The van der Waals surface area contributed by atoms with Crippen molar-refractivity contribution in [1.29, 1.82) is 0 Å². The van der Waals surface area contributed by atoms with Crippen molar-refractivity contribution >= 4 is 11.2 Å². The molecule has 1 aromatic carbocycles. The van der Waals surface area contributed by atoms with Crippen LogP contribution < -0.4 is 10.2 Å². The summed E-state index contributed by atoms with van der Waals surface area (Å²) in [5.74, 6) is 0.755. The molecule has 4 N–H and O–H groups in total. The van der Waals surface area contributed by atoms with Gasteiger partial charge in [0.1, 0.15) is 35.9 Å². The number of aliphatic hydroxyl groups is 3. The molecule has 0 radical (unpaired) electrons. The summed E-state index contributed by atoms with van der Waals surface area (Å²) < 4.78 is 12.3. The molecular formula is C18H21N5O5. The van der Waals surface area contributed by atoms with Crippen LogP contribution in [0.3, 0.4) is 0 Å². The van der Waals surface area contributed by atoms with E-state index in [1.165, 1.54) is 17.2 Å². The first-order valence-electron chi connectivity index (χ1n) is 8.78. The lowest BCUT2D eigenvalue weighted by atomic mass is 10.1. The van der Waals surface area contributed by atoms with Crippen molar-refractivity contribution in [3.63, 3.8) is 0 Å². The van der Waals surface area contributed by atoms with Crippen molar-refractivity contribution < 1.29 is 24.8 Å². The van der Waals surface area contributed by atoms with Crippen molar-refractivity contribution in [3.8, 4) is 5.75 Å². The monoisotopic (exact) mass is 387 g/mol. The fourth-order valence-electron chi connectivity index (χ4n) is 3.20. The van der Waals surface area contributed by atoms with Crippen molar-refractivity contribution in [2.75, 3.05) is 13.7 Å². The smallest absolute Gasteiger partial charge is 0.182 e. The van der Waals surface area contributed by atoms with Gasteiger partial charge in [0, 0.05) is 0 Å². The Morgan fingerprint density at radius 3 is 2.68 bits per heavy atom. The van der Waals surface area contributed by atoms with Gasteiger partial charge in [0.05, 0.1) is 26.6 Å². The zero-order valence-electron chi connectivity index (χ0n) is 15.1. The number of aromatic amines is 1. The molecule has 10 heteroatoms. The van der Waals surface area contributed by atoms with Gasteiger partial charge in [-0.05, 0) is 17.7 Å². The predicted octanol–water partition coefficient (Wildman–Crippen LogP) is -0.520. The Morgan fingerprint density at radius 2 is 2.00 bits per heavy atom. The molecule has 10 nitrogen and oxygen atoms in total. The second-order valence-corrected chi connectivity index (χ2v) is 6.47. The van der Waals surface area contributed by atoms with Gasteiger partial charge < -0.3 is 29.8 Å². The van der Waals surface area contributed by atoms with E-state index in [2.05, 4.69) is 19.9 Å². The van der Waals surface area contributed by atoms with E-state index in [1.54, 1.807) is 7.11 Å². The molecule has 4 atom stereocenters. The third kappa shape index (κ3) is 3.27. The summed E-state index contributed by atoms with van der Waals surface area (Å²) in [6, 6.07) is 7.52. The van der Waals surface area contributed by atoms with Crippen LogP contribution >= 0.6 is 0 Å². The fourth-order valence-corrected chi connectivity index (χ4v) is 3.20. The van der Waals surface area contributed by atoms with Crippen molar-refractivity contribution in [1.82, 2.24) is 19.5 Å². The van der Waals surface area contributed by atoms with Gasteiger partial charge in [-0.25, -0.2) is 9.97 Å². The summed E-state index contributed by atoms with van der Waals surface area (Å²) in [6.45, 7) is -0.0513. The van der Waals surface area contributed by atoms with E-state index in [-0.39, 0.29) is 0 Å². The van der Waals surface area contributed by atoms with E-state index in [0.717, 1.165) is 11.3 Å². The lowest BCUT2D eigenvalue weighted by Gasteiger charge is -2.18. The maximum atomic E-state index is 10.4. The number of nitrogens with one attached hydrogen (secondary N) is 1. The fraction of sp³-hybridized carbons (Fsp3) is 0.389. The lowest BCUT2D eigenvalue weighted by molar-refractivity contribution is -0.0550. The van der Waals surface area contributed by atoms with Gasteiger partial charge in [-0.2, -0.15) is 0 Å². The maximum Gasteiger partial charge on any atom is 0.182 e. The molecule has 148 valence electrons. The first kappa shape index (κ1) is 18.6. The van der Waals surface area contributed by atoms with Crippen LogP contribution in [0.1, 0.15) is 11.8 Å². The molecule has 1 fully saturated rings. The largest absolute Gasteiger partial charge is 0.497 e. The van der Waals surface area contributed by atoms with Gasteiger partial charge in [-0.3, -0.25) is 9.56 Å². The topological polar surface area (TPSA) is 138 Å². The highest BCUT2D eigenvalue weighted by Crippen LogP contribution is 2.28. The van der Waals surface area contributed by atoms with Crippen LogP contribution in [-0.2, 0) is 11.3 Å². The van der Waals surface area contributed by atoms with Crippen LogP contribution in [0.15, 0.2) is 41.9 Å². The molecule has 0 saturated carbocycles. The number of fused-ring (bicyclic) bond motifs is 1. The zero-order valence-corrected chi connectivity index (χ0v) is 15.1. The summed E-state index contributed by atoms with van der Waals surface area (Å²) in [4.78, 5) is 16.0. The Hall–Kier alpha value is -2.79. The van der Waals surface area contributed by atoms with Crippen LogP contribution in [0.2, 0.25) is 0 Å². The van der Waals surface area contributed by atoms with Crippen molar-refractivity contribution in [2.24, 2.45) is 4.99 Å². The molecule has 2 aromatic heterocycles. The molecule has 1 aliphatic rings. The van der Waals surface area contributed by atoms with E-state index >= 15 is 0 Å². The lowest BCUT2D eigenvalue weighted by Crippen LogP contribution is -2.36. The van der Waals surface area contributed by atoms with Gasteiger partial charge in [0.25, 0.3) is 0 Å². The van der Waals surface area contributed by atoms with Gasteiger partial charge in [-0.15, -0.1) is 0 Å². The zero-order chi connectivity index (χ0) is 19.7. The summed E-state index contributed by atoms with van der Waals surface area (Å²) in [5.41, 5.74) is 2.47. The van der Waals surface area contributed by atoms with Gasteiger partial charge >= 0.3 is 0 Å². The number of hydrogen-bond donors (Lipinski definition) is 4. The maximum absolute atomic E-state index is 10.4. The number of H-pyrrole nitrogens is 1. The molecule has 28 heavy (non-hydrogen) atoms. The number of ether oxygens (including phenoxy) is 2. The number of hydrogen-bond acceptors (Lipinski definition) is 8. The number of aromatic nitrogens is 4. The molecule has 0 spiro atoms. The standard InChI is InChI=1S/C18H21N5O5/c1-27-11-4-2-10(3-5-11)6-19-17-13-16(21-8-20-13)22-9-23(17)18-15(26)14(25)12(7-24)28-18/h2-5,8-9,12,14-15,18,24-26H,6-7H2,1H3,(H,20,21)/t12-,14+,15-,18-/m1/s1. The number of imidazole rings is 1. The average Bonchev–Trinajstić information content (AvgIpc) is 3.31. The first-order valence-corrected chi connectivity index (χ1v) is 8.78. The second kappa shape index (κ2) is 7.68. The molecule has 0 aliphatic carbocycles. The van der Waals surface area contributed by atoms with E-state index in [9.17, 15) is 15.3 Å². The van der Waals surface area contributed by atoms with Gasteiger partial charge in [0.2, 0.25) is 0 Å². The number of rotatable bonds is 5. The van der Waals surface area contributed by atoms with Crippen LogP contribution in [-0.4, -0.2) is 66.9 Å². The van der Waals surface area contributed by atoms with Gasteiger partial charge in [0.15, 0.2) is 17.4 Å². The first-order chi connectivity index (χ1) is 13.6. The highest BCUT2D eigenvalue weighted by molar-refractivity contribution is 5.67. The van der Waals surface area contributed by atoms with Crippen molar-refractivity contribution in [2.45, 2.75) is 31.1 Å². The average molecular weight is 387 g/mol. The van der Waals surface area contributed by atoms with Crippen LogP contribution in [0.5, 0.6) is 5.75 Å². The summed E-state index contributed by atoms with van der Waals surface area (Å²) in [7, 11) is 1.61. The van der Waals surface area contributed by atoms with Gasteiger partial charge in [-0.1, -0.05) is 12.1 Å². The van der Waals surface area contributed by atoms with Crippen molar-refractivity contribution in [3.05, 3.63) is 48.0 Å². The molecule has 0 unspecified atom stereocenters. The minimum atomic E-state index is -1.24. The highest BCUT2D eigenvalue weighted by atomic mass is 16.6. The normalized spacial score (nSPS) is 25.5. The molecule has 4 rings (SSSR count). The number of nitrogens with zero attached hydrogens (tertiary/aromatic N) is 4. The molecule has 1 aliphatic heterocycles. The molecular weight excluding hydrogens is 366 g/mol. The summed E-state index contributed by atoms with van der Waals surface area (Å²) >= 11 is 0. The molecule has 3 heterocycles. The molecule has 0 amide bonds. The quantitative estimate of drug-likeness (QED) is 0.462. The Labute approximate surface area is 159 Å². The second-order valence-electron chi connectivity index (χ2n) is 6.47. The predicted molar refractivity (Wildman–Crippen MR) is 97.1 cm³/mol. The van der Waals surface area contributed by atoms with E-state index in [1.807, 2.05) is 24.3 Å². The van der Waals surface area contributed by atoms with E-state index in [4.69, 9.17) is 9.47 Å². The molecule has 1 saturated heterocycles. The Bertz CT molecular complexity index is 1020. The highest BCUT2D eigenvalue weighted by Gasteiger charge is 2.43. The molecule has 3 aromatic rings. The summed E-state index contributed by atoms with van der Waals surface area (Å²) in [5, 5.41) is 29.8. The Kier molecular flexibility index (Phi) is 5.09. The minimum absolute atomic E-state index is 0.358. The number of aliphatic hydroxyl groups excluding tert-OH is 3. The minimum Gasteiger partial charge on any atom is -0.497 e. The number of methoxy groups -OCH3 is 1. The third-order valence-electron chi connectivity index (χ3n) is 4.75. The third-order valence-corrected chi connectivity index (χ3v) is 4.75. The van der Waals surface area contributed by atoms with Crippen LogP contribution in [0, 0.1) is 0 Å². The number of benzene rings is 1. The van der Waals surface area contributed by atoms with Crippen LogP contribution in [0.4, 0.5) is 0 Å². The van der Waals surface area contributed by atoms with E-state index in [0.29, 0.717) is 23.2 Å². The van der Waals surface area contributed by atoms with Crippen LogP contribution in [0.25, 0.3) is 11.2 Å². The SMILES string of the molecule is COc1ccc(CN=c2c3[nH]cnc3ncn2[C@@H]2O[C@H](CO)[C@H](O)[C@H]2O)cc1. The Morgan fingerprint density at radius 1 is 1.21 bits per heavy atom. The molecule has 0 bridgehead atoms.